The Morgan fingerprint density at radius 2 is 1.85 bits per heavy atom. The first-order valence-corrected chi connectivity index (χ1v) is 8.91. The van der Waals surface area contributed by atoms with Crippen LogP contribution in [0.25, 0.3) is 0 Å². The summed E-state index contributed by atoms with van der Waals surface area (Å²) in [6.07, 6.45) is 3.28. The third kappa shape index (κ3) is 5.13. The minimum atomic E-state index is -0.0854. The molecule has 0 spiro atoms. The highest BCUT2D eigenvalue weighted by Crippen LogP contribution is 2.12. The van der Waals surface area contributed by atoms with Gasteiger partial charge in [-0.05, 0) is 44.0 Å². The van der Waals surface area contributed by atoms with Crippen molar-refractivity contribution in [2.24, 2.45) is 0 Å². The number of pyridine rings is 1. The van der Waals surface area contributed by atoms with E-state index in [2.05, 4.69) is 20.5 Å². The number of carbonyl (C=O) groups is 2. The minimum Gasteiger partial charge on any atom is -0.349 e. The van der Waals surface area contributed by atoms with E-state index in [4.69, 9.17) is 0 Å². The summed E-state index contributed by atoms with van der Waals surface area (Å²) < 4.78 is 0. The highest BCUT2D eigenvalue weighted by molar-refractivity contribution is 5.94. The summed E-state index contributed by atoms with van der Waals surface area (Å²) in [5.41, 5.74) is 2.29. The molecule has 0 saturated carbocycles. The molecule has 2 heterocycles. The van der Waals surface area contributed by atoms with Crippen molar-refractivity contribution >= 4 is 17.5 Å². The zero-order chi connectivity index (χ0) is 18.4. The Kier molecular flexibility index (Phi) is 5.96. The van der Waals surface area contributed by atoms with Crippen molar-refractivity contribution in [2.45, 2.75) is 25.8 Å². The Morgan fingerprint density at radius 3 is 2.50 bits per heavy atom. The Morgan fingerprint density at radius 1 is 1.12 bits per heavy atom. The van der Waals surface area contributed by atoms with Crippen LogP contribution in [0.15, 0.2) is 48.7 Å². The summed E-state index contributed by atoms with van der Waals surface area (Å²) in [5.74, 6) is -0.0952. The molecule has 136 valence electrons. The lowest BCUT2D eigenvalue weighted by Crippen LogP contribution is -2.46. The Balaban J connectivity index is 1.42. The van der Waals surface area contributed by atoms with Crippen LogP contribution in [0.3, 0.4) is 0 Å². The van der Waals surface area contributed by atoms with Crippen LogP contribution in [0.1, 0.15) is 28.9 Å². The minimum absolute atomic E-state index is 0.00980. The molecule has 1 aromatic heterocycles. The second-order valence-electron chi connectivity index (χ2n) is 6.63. The third-order valence-electron chi connectivity index (χ3n) is 4.52. The van der Waals surface area contributed by atoms with Gasteiger partial charge in [0.1, 0.15) is 0 Å². The molecule has 2 amide bonds. The second-order valence-corrected chi connectivity index (χ2v) is 6.63. The summed E-state index contributed by atoms with van der Waals surface area (Å²) in [5, 5.41) is 5.96. The van der Waals surface area contributed by atoms with Crippen LogP contribution in [0.2, 0.25) is 0 Å². The summed E-state index contributed by atoms with van der Waals surface area (Å²) >= 11 is 0. The summed E-state index contributed by atoms with van der Waals surface area (Å²) in [4.78, 5) is 30.7. The molecule has 1 fully saturated rings. The molecule has 6 nitrogen and oxygen atoms in total. The number of hydrogen-bond acceptors (Lipinski definition) is 4. The van der Waals surface area contributed by atoms with E-state index in [0.29, 0.717) is 12.1 Å². The quantitative estimate of drug-likeness (QED) is 0.865. The standard InChI is InChI=1S/C20H24N4O2/c1-15-7-8-16(13-21-15)20(26)23-18-9-11-24(12-10-18)14-19(25)22-17-5-3-2-4-6-17/h2-8,13,18H,9-12,14H2,1H3,(H,22,25)(H,23,26). The van der Waals surface area contributed by atoms with Crippen molar-refractivity contribution in [1.82, 2.24) is 15.2 Å². The van der Waals surface area contributed by atoms with Crippen LogP contribution >= 0.6 is 0 Å². The van der Waals surface area contributed by atoms with Crippen LogP contribution in [0.5, 0.6) is 0 Å². The molecular weight excluding hydrogens is 328 g/mol. The van der Waals surface area contributed by atoms with Gasteiger partial charge in [0, 0.05) is 36.7 Å². The summed E-state index contributed by atoms with van der Waals surface area (Å²) in [6, 6.07) is 13.2. The molecule has 26 heavy (non-hydrogen) atoms. The maximum atomic E-state index is 12.3. The number of nitrogens with one attached hydrogen (secondary N) is 2. The molecule has 0 unspecified atom stereocenters. The van der Waals surface area contributed by atoms with Gasteiger partial charge in [-0.3, -0.25) is 19.5 Å². The normalized spacial score (nSPS) is 15.4. The number of piperidine rings is 1. The molecular formula is C20H24N4O2. The van der Waals surface area contributed by atoms with E-state index >= 15 is 0 Å². The Labute approximate surface area is 153 Å². The van der Waals surface area contributed by atoms with Crippen LogP contribution in [0, 0.1) is 6.92 Å². The van der Waals surface area contributed by atoms with Crippen molar-refractivity contribution in [3.05, 3.63) is 59.9 Å². The zero-order valence-corrected chi connectivity index (χ0v) is 14.9. The second kappa shape index (κ2) is 8.58. The van der Waals surface area contributed by atoms with E-state index in [1.807, 2.05) is 43.3 Å². The average molecular weight is 352 g/mol. The number of carbonyl (C=O) groups excluding carboxylic acids is 2. The number of amides is 2. The highest BCUT2D eigenvalue weighted by atomic mass is 16.2. The number of aryl methyl sites for hydroxylation is 1. The van der Waals surface area contributed by atoms with E-state index in [-0.39, 0.29) is 17.9 Å². The molecule has 0 bridgehead atoms. The average Bonchev–Trinajstić information content (AvgIpc) is 2.64. The first-order chi connectivity index (χ1) is 12.6. The molecule has 2 aromatic rings. The molecule has 0 atom stereocenters. The number of rotatable bonds is 5. The molecule has 1 saturated heterocycles. The van der Waals surface area contributed by atoms with Crippen LogP contribution < -0.4 is 10.6 Å². The Hall–Kier alpha value is -2.73. The fourth-order valence-corrected chi connectivity index (χ4v) is 3.03. The molecule has 3 rings (SSSR count). The Bertz CT molecular complexity index is 738. The first kappa shape index (κ1) is 18.1. The third-order valence-corrected chi connectivity index (χ3v) is 4.52. The van der Waals surface area contributed by atoms with Gasteiger partial charge in [0.05, 0.1) is 12.1 Å². The number of nitrogens with zero attached hydrogens (tertiary/aromatic N) is 2. The lowest BCUT2D eigenvalue weighted by atomic mass is 10.0. The molecule has 1 aliphatic rings. The van der Waals surface area contributed by atoms with Crippen molar-refractivity contribution in [1.29, 1.82) is 0 Å². The number of likely N-dealkylation sites (tertiary alicyclic amines) is 1. The summed E-state index contributed by atoms with van der Waals surface area (Å²) in [7, 11) is 0. The molecule has 0 radical (unpaired) electrons. The van der Waals surface area contributed by atoms with Crippen molar-refractivity contribution < 1.29 is 9.59 Å². The van der Waals surface area contributed by atoms with Gasteiger partial charge in [-0.2, -0.15) is 0 Å². The molecule has 1 aliphatic heterocycles. The zero-order valence-electron chi connectivity index (χ0n) is 14.9. The van der Waals surface area contributed by atoms with E-state index in [0.717, 1.165) is 37.3 Å². The maximum Gasteiger partial charge on any atom is 0.253 e. The monoisotopic (exact) mass is 352 g/mol. The van der Waals surface area contributed by atoms with Gasteiger partial charge in [0.15, 0.2) is 0 Å². The van der Waals surface area contributed by atoms with Gasteiger partial charge in [0.2, 0.25) is 5.91 Å². The predicted octanol–water partition coefficient (Wildman–Crippen LogP) is 2.22. The van der Waals surface area contributed by atoms with Crippen LogP contribution in [0.4, 0.5) is 5.69 Å². The van der Waals surface area contributed by atoms with Gasteiger partial charge < -0.3 is 10.6 Å². The topological polar surface area (TPSA) is 74.3 Å². The number of aromatic nitrogens is 1. The lowest BCUT2D eigenvalue weighted by molar-refractivity contribution is -0.117. The first-order valence-electron chi connectivity index (χ1n) is 8.91. The number of hydrogen-bond donors (Lipinski definition) is 2. The summed E-state index contributed by atoms with van der Waals surface area (Å²) in [6.45, 7) is 3.85. The van der Waals surface area contributed by atoms with E-state index < -0.39 is 0 Å². The van der Waals surface area contributed by atoms with Crippen molar-refractivity contribution in [3.63, 3.8) is 0 Å². The van der Waals surface area contributed by atoms with Gasteiger partial charge in [-0.25, -0.2) is 0 Å². The SMILES string of the molecule is Cc1ccc(C(=O)NC2CCN(CC(=O)Nc3ccccc3)CC2)cn1. The molecule has 0 aliphatic carbocycles. The van der Waals surface area contributed by atoms with Crippen LogP contribution in [-0.2, 0) is 4.79 Å². The van der Waals surface area contributed by atoms with Crippen molar-refractivity contribution in [2.75, 3.05) is 25.0 Å². The number of para-hydroxylation sites is 1. The van der Waals surface area contributed by atoms with E-state index in [1.54, 1.807) is 12.3 Å². The van der Waals surface area contributed by atoms with Crippen LogP contribution in [-0.4, -0.2) is 47.4 Å². The smallest absolute Gasteiger partial charge is 0.253 e. The number of benzene rings is 1. The van der Waals surface area contributed by atoms with Gasteiger partial charge in [-0.1, -0.05) is 18.2 Å². The fraction of sp³-hybridized carbons (Fsp3) is 0.350. The maximum absolute atomic E-state index is 12.3. The molecule has 6 heteroatoms. The molecule has 2 N–H and O–H groups in total. The van der Waals surface area contributed by atoms with Gasteiger partial charge in [-0.15, -0.1) is 0 Å². The fourth-order valence-electron chi connectivity index (χ4n) is 3.03. The van der Waals surface area contributed by atoms with Crippen molar-refractivity contribution in [3.8, 4) is 0 Å². The lowest BCUT2D eigenvalue weighted by Gasteiger charge is -2.31. The largest absolute Gasteiger partial charge is 0.349 e. The van der Waals surface area contributed by atoms with E-state index in [9.17, 15) is 9.59 Å². The van der Waals surface area contributed by atoms with E-state index in [1.165, 1.54) is 0 Å². The predicted molar refractivity (Wildman–Crippen MR) is 101 cm³/mol. The van der Waals surface area contributed by atoms with Gasteiger partial charge >= 0.3 is 0 Å². The molecule has 1 aromatic carbocycles. The van der Waals surface area contributed by atoms with Gasteiger partial charge in [0.25, 0.3) is 5.91 Å². The number of anilines is 1. The highest BCUT2D eigenvalue weighted by Gasteiger charge is 2.22.